The number of tetrazole rings is 1. The number of fused-ring (bicyclic) bond motifs is 3. The maximum Gasteiger partial charge on any atom is 0.232 e. The van der Waals surface area contributed by atoms with E-state index in [0.29, 0.717) is 5.82 Å². The van der Waals surface area contributed by atoms with Crippen molar-refractivity contribution in [3.8, 4) is 11.1 Å². The van der Waals surface area contributed by atoms with Crippen LogP contribution in [0.5, 0.6) is 0 Å². The van der Waals surface area contributed by atoms with Crippen molar-refractivity contribution in [3.05, 3.63) is 137 Å². The SMILES string of the molecule is O=C(NC(c1ccccc1)c1ccccc1)C(c1nn[nH]n1)C1c2ccccc2-c2ccccc21. The van der Waals surface area contributed by atoms with Gasteiger partial charge < -0.3 is 5.32 Å². The highest BCUT2D eigenvalue weighted by Gasteiger charge is 2.41. The van der Waals surface area contributed by atoms with Crippen molar-refractivity contribution >= 4 is 5.91 Å². The first-order valence-electron chi connectivity index (χ1n) is 11.6. The molecule has 0 aliphatic heterocycles. The molecule has 0 saturated heterocycles. The molecule has 1 aliphatic carbocycles. The van der Waals surface area contributed by atoms with Gasteiger partial charge in [0.05, 0.1) is 6.04 Å². The van der Waals surface area contributed by atoms with Gasteiger partial charge in [-0.15, -0.1) is 10.2 Å². The second-order valence-electron chi connectivity index (χ2n) is 8.66. The number of hydrogen-bond acceptors (Lipinski definition) is 4. The average molecular weight is 458 g/mol. The van der Waals surface area contributed by atoms with E-state index in [1.807, 2.05) is 84.9 Å². The molecule has 6 nitrogen and oxygen atoms in total. The van der Waals surface area contributed by atoms with Crippen LogP contribution < -0.4 is 5.32 Å². The molecule has 35 heavy (non-hydrogen) atoms. The molecule has 0 fully saturated rings. The van der Waals surface area contributed by atoms with Gasteiger partial charge in [-0.2, -0.15) is 5.21 Å². The van der Waals surface area contributed by atoms with Crippen molar-refractivity contribution in [3.63, 3.8) is 0 Å². The summed E-state index contributed by atoms with van der Waals surface area (Å²) in [5.41, 5.74) is 6.47. The first kappa shape index (κ1) is 21.0. The number of benzene rings is 4. The van der Waals surface area contributed by atoms with Gasteiger partial charge in [0.2, 0.25) is 5.91 Å². The van der Waals surface area contributed by atoms with Gasteiger partial charge >= 0.3 is 0 Å². The fourth-order valence-corrected chi connectivity index (χ4v) is 5.15. The number of carbonyl (C=O) groups is 1. The van der Waals surface area contributed by atoms with Gasteiger partial charge in [0.25, 0.3) is 0 Å². The number of nitrogens with zero attached hydrogens (tertiary/aromatic N) is 3. The number of carbonyl (C=O) groups excluding carboxylic acids is 1. The molecule has 5 aromatic rings. The van der Waals surface area contributed by atoms with Gasteiger partial charge in [-0.1, -0.05) is 114 Å². The van der Waals surface area contributed by atoms with E-state index in [2.05, 4.69) is 50.2 Å². The zero-order chi connectivity index (χ0) is 23.6. The van der Waals surface area contributed by atoms with Gasteiger partial charge in [0.15, 0.2) is 5.82 Å². The molecule has 1 aromatic heterocycles. The minimum absolute atomic E-state index is 0.152. The quantitative estimate of drug-likeness (QED) is 0.376. The third kappa shape index (κ3) is 3.79. The predicted molar refractivity (Wildman–Crippen MR) is 134 cm³/mol. The predicted octanol–water partition coefficient (Wildman–Crippen LogP) is 5.00. The molecular formula is C29H23N5O. The van der Waals surface area contributed by atoms with Crippen LogP contribution >= 0.6 is 0 Å². The van der Waals surface area contributed by atoms with Crippen LogP contribution in [0, 0.1) is 0 Å². The molecule has 0 radical (unpaired) electrons. The van der Waals surface area contributed by atoms with Crippen LogP contribution in [0.3, 0.4) is 0 Å². The van der Waals surface area contributed by atoms with E-state index in [0.717, 1.165) is 33.4 Å². The topological polar surface area (TPSA) is 83.6 Å². The second-order valence-corrected chi connectivity index (χ2v) is 8.66. The summed E-state index contributed by atoms with van der Waals surface area (Å²) in [5, 5.41) is 18.2. The zero-order valence-corrected chi connectivity index (χ0v) is 18.9. The summed E-state index contributed by atoms with van der Waals surface area (Å²) in [7, 11) is 0. The smallest absolute Gasteiger partial charge is 0.232 e. The highest BCUT2D eigenvalue weighted by molar-refractivity contribution is 5.89. The number of amides is 1. The van der Waals surface area contributed by atoms with Crippen molar-refractivity contribution in [2.45, 2.75) is 17.9 Å². The fraction of sp³-hybridized carbons (Fsp3) is 0.103. The average Bonchev–Trinajstić information content (AvgIpc) is 3.56. The maximum atomic E-state index is 14.2. The molecule has 2 N–H and O–H groups in total. The summed E-state index contributed by atoms with van der Waals surface area (Å²) in [6.45, 7) is 0. The Hall–Kier alpha value is -4.58. The first-order chi connectivity index (χ1) is 17.3. The Bertz CT molecular complexity index is 1370. The van der Waals surface area contributed by atoms with Crippen molar-refractivity contribution in [1.29, 1.82) is 0 Å². The van der Waals surface area contributed by atoms with Crippen LogP contribution in [0.1, 0.15) is 46.0 Å². The van der Waals surface area contributed by atoms with Gasteiger partial charge in [-0.05, 0) is 33.4 Å². The standard InChI is InChI=1S/C29H23N5O/c35-29(30-27(19-11-3-1-4-12-19)20-13-5-2-6-14-20)26(28-31-33-34-32-28)25-23-17-9-7-15-21(23)22-16-8-10-18-24(22)25/h1-18,25-27H,(H,30,35)(H,31,32,33,34). The van der Waals surface area contributed by atoms with Gasteiger partial charge in [-0.25, -0.2) is 0 Å². The molecule has 4 aromatic carbocycles. The lowest BCUT2D eigenvalue weighted by Crippen LogP contribution is -2.36. The van der Waals surface area contributed by atoms with Crippen molar-refractivity contribution in [2.75, 3.05) is 0 Å². The number of hydrogen-bond donors (Lipinski definition) is 2. The minimum Gasteiger partial charge on any atom is -0.345 e. The largest absolute Gasteiger partial charge is 0.345 e. The molecule has 0 spiro atoms. The summed E-state index contributed by atoms with van der Waals surface area (Å²) in [6, 6.07) is 36.2. The van der Waals surface area contributed by atoms with E-state index in [1.54, 1.807) is 0 Å². The number of H-pyrrole nitrogens is 1. The Morgan fingerprint density at radius 1 is 0.714 bits per heavy atom. The summed E-state index contributed by atoms with van der Waals surface area (Å²) >= 11 is 0. The van der Waals surface area contributed by atoms with Crippen LogP contribution in [-0.2, 0) is 4.79 Å². The van der Waals surface area contributed by atoms with Gasteiger partial charge in [0, 0.05) is 5.92 Å². The highest BCUT2D eigenvalue weighted by atomic mass is 16.2. The van der Waals surface area contributed by atoms with Crippen LogP contribution in [0.25, 0.3) is 11.1 Å². The van der Waals surface area contributed by atoms with E-state index >= 15 is 0 Å². The number of aromatic nitrogens is 4. The molecule has 1 heterocycles. The Morgan fingerprint density at radius 2 is 1.23 bits per heavy atom. The van der Waals surface area contributed by atoms with Crippen molar-refractivity contribution in [1.82, 2.24) is 25.9 Å². The molecule has 1 atom stereocenters. The van der Waals surface area contributed by atoms with E-state index < -0.39 is 5.92 Å². The molecule has 1 aliphatic rings. The lowest BCUT2D eigenvalue weighted by molar-refractivity contribution is -0.123. The van der Waals surface area contributed by atoms with E-state index in [1.165, 1.54) is 0 Å². The summed E-state index contributed by atoms with van der Waals surface area (Å²) in [6.07, 6.45) is 0. The van der Waals surface area contributed by atoms with Crippen LogP contribution in [0.15, 0.2) is 109 Å². The number of rotatable bonds is 6. The lowest BCUT2D eigenvalue weighted by Gasteiger charge is -2.26. The molecule has 0 saturated carbocycles. The fourth-order valence-electron chi connectivity index (χ4n) is 5.15. The zero-order valence-electron chi connectivity index (χ0n) is 18.9. The summed E-state index contributed by atoms with van der Waals surface area (Å²) in [4.78, 5) is 14.2. The summed E-state index contributed by atoms with van der Waals surface area (Å²) in [5.74, 6) is -0.667. The van der Waals surface area contributed by atoms with Crippen molar-refractivity contribution < 1.29 is 4.79 Å². The molecule has 1 unspecified atom stereocenters. The second kappa shape index (κ2) is 8.99. The lowest BCUT2D eigenvalue weighted by atomic mass is 9.82. The third-order valence-electron chi connectivity index (χ3n) is 6.69. The monoisotopic (exact) mass is 457 g/mol. The minimum atomic E-state index is -0.659. The third-order valence-corrected chi connectivity index (χ3v) is 6.69. The molecule has 1 amide bonds. The van der Waals surface area contributed by atoms with Crippen LogP contribution in [0.2, 0.25) is 0 Å². The summed E-state index contributed by atoms with van der Waals surface area (Å²) < 4.78 is 0. The Balaban J connectivity index is 1.45. The van der Waals surface area contributed by atoms with E-state index in [9.17, 15) is 4.79 Å². The van der Waals surface area contributed by atoms with Crippen molar-refractivity contribution in [2.24, 2.45) is 0 Å². The Kier molecular flexibility index (Phi) is 5.39. The Labute approximate surface area is 203 Å². The Morgan fingerprint density at radius 3 is 1.74 bits per heavy atom. The number of aromatic amines is 1. The molecular weight excluding hydrogens is 434 g/mol. The molecule has 0 bridgehead atoms. The van der Waals surface area contributed by atoms with Crippen LogP contribution in [-0.4, -0.2) is 26.5 Å². The van der Waals surface area contributed by atoms with E-state index in [4.69, 9.17) is 0 Å². The highest BCUT2D eigenvalue weighted by Crippen LogP contribution is 2.50. The van der Waals surface area contributed by atoms with E-state index in [-0.39, 0.29) is 17.9 Å². The molecule has 6 heteroatoms. The first-order valence-corrected chi connectivity index (χ1v) is 11.6. The molecule has 6 rings (SSSR count). The maximum absolute atomic E-state index is 14.2. The normalized spacial score (nSPS) is 13.3. The van der Waals surface area contributed by atoms with Gasteiger partial charge in [0.1, 0.15) is 5.92 Å². The van der Waals surface area contributed by atoms with Gasteiger partial charge in [-0.3, -0.25) is 4.79 Å². The molecule has 170 valence electrons. The van der Waals surface area contributed by atoms with Crippen LogP contribution in [0.4, 0.5) is 0 Å². The number of nitrogens with one attached hydrogen (secondary N) is 2.